The van der Waals surface area contributed by atoms with Gasteiger partial charge in [0.1, 0.15) is 24.5 Å². The molecule has 0 bridgehead atoms. The molecule has 3 aromatic heterocycles. The SMILES string of the molecule is Cc1ccc(C(C)C)cc1OCc1nc2c3cnn(-c4cccc(F)c4)c3ncn2n1. The molecule has 0 fully saturated rings. The highest BCUT2D eigenvalue weighted by Gasteiger charge is 2.14. The molecule has 5 rings (SSSR count). The number of fused-ring (bicyclic) bond motifs is 3. The first-order valence-corrected chi connectivity index (χ1v) is 10.1. The number of rotatable bonds is 5. The Morgan fingerprint density at radius 1 is 1.10 bits per heavy atom. The van der Waals surface area contributed by atoms with Crippen molar-refractivity contribution in [3.63, 3.8) is 0 Å². The van der Waals surface area contributed by atoms with E-state index in [1.54, 1.807) is 33.9 Å². The van der Waals surface area contributed by atoms with Gasteiger partial charge in [-0.2, -0.15) is 5.10 Å². The second-order valence-electron chi connectivity index (χ2n) is 7.78. The van der Waals surface area contributed by atoms with E-state index in [-0.39, 0.29) is 12.4 Å². The van der Waals surface area contributed by atoms with E-state index in [1.807, 2.05) is 6.92 Å². The second-order valence-corrected chi connectivity index (χ2v) is 7.78. The van der Waals surface area contributed by atoms with Gasteiger partial charge in [-0.3, -0.25) is 0 Å². The quantitative estimate of drug-likeness (QED) is 0.418. The van der Waals surface area contributed by atoms with Gasteiger partial charge in [0.25, 0.3) is 0 Å². The third-order valence-electron chi connectivity index (χ3n) is 5.24. The lowest BCUT2D eigenvalue weighted by Gasteiger charge is -2.11. The zero-order chi connectivity index (χ0) is 21.5. The average Bonchev–Trinajstić information content (AvgIpc) is 3.36. The monoisotopic (exact) mass is 416 g/mol. The number of benzene rings is 2. The van der Waals surface area contributed by atoms with E-state index < -0.39 is 0 Å². The lowest BCUT2D eigenvalue weighted by atomic mass is 10.0. The summed E-state index contributed by atoms with van der Waals surface area (Å²) in [7, 11) is 0. The predicted molar refractivity (Wildman–Crippen MR) is 115 cm³/mol. The molecule has 0 aliphatic heterocycles. The number of nitrogens with zero attached hydrogens (tertiary/aromatic N) is 6. The zero-order valence-corrected chi connectivity index (χ0v) is 17.5. The van der Waals surface area contributed by atoms with E-state index in [0.29, 0.717) is 28.7 Å². The molecule has 0 saturated carbocycles. The lowest BCUT2D eigenvalue weighted by molar-refractivity contribution is 0.293. The number of aromatic nitrogens is 6. The van der Waals surface area contributed by atoms with Gasteiger partial charge in [-0.1, -0.05) is 32.0 Å². The predicted octanol–water partition coefficient (Wildman–Crippen LogP) is 4.61. The summed E-state index contributed by atoms with van der Waals surface area (Å²) in [5, 5.41) is 9.58. The Hall–Kier alpha value is -3.81. The zero-order valence-electron chi connectivity index (χ0n) is 17.5. The van der Waals surface area contributed by atoms with Crippen LogP contribution in [0.15, 0.2) is 55.0 Å². The van der Waals surface area contributed by atoms with E-state index in [2.05, 4.69) is 52.2 Å². The molecule has 5 aromatic rings. The molecule has 0 aliphatic rings. The number of aryl methyl sites for hydroxylation is 1. The molecule has 0 aliphatic carbocycles. The molecule has 156 valence electrons. The van der Waals surface area contributed by atoms with Crippen molar-refractivity contribution >= 4 is 16.7 Å². The topological polar surface area (TPSA) is 70.1 Å². The van der Waals surface area contributed by atoms with Crippen LogP contribution in [0.4, 0.5) is 4.39 Å². The molecule has 3 heterocycles. The Morgan fingerprint density at radius 2 is 1.97 bits per heavy atom. The summed E-state index contributed by atoms with van der Waals surface area (Å²) >= 11 is 0. The van der Waals surface area contributed by atoms with E-state index in [9.17, 15) is 4.39 Å². The summed E-state index contributed by atoms with van der Waals surface area (Å²) < 4.78 is 22.9. The fraction of sp³-hybridized carbons (Fsp3) is 0.217. The van der Waals surface area contributed by atoms with Crippen LogP contribution in [0.5, 0.6) is 5.75 Å². The number of hydrogen-bond donors (Lipinski definition) is 0. The van der Waals surface area contributed by atoms with Crippen molar-refractivity contribution in [3.05, 3.63) is 77.8 Å². The van der Waals surface area contributed by atoms with E-state index in [1.165, 1.54) is 17.7 Å². The van der Waals surface area contributed by atoms with Crippen LogP contribution in [0.3, 0.4) is 0 Å². The summed E-state index contributed by atoms with van der Waals surface area (Å²) in [5.41, 5.74) is 4.08. The van der Waals surface area contributed by atoms with Crippen LogP contribution in [0.25, 0.3) is 22.4 Å². The van der Waals surface area contributed by atoms with Crippen LogP contribution in [-0.4, -0.2) is 29.4 Å². The molecule has 7 nitrogen and oxygen atoms in total. The fourth-order valence-corrected chi connectivity index (χ4v) is 3.50. The Balaban J connectivity index is 1.47. The van der Waals surface area contributed by atoms with Crippen LogP contribution in [0.1, 0.15) is 36.7 Å². The highest BCUT2D eigenvalue weighted by molar-refractivity contribution is 5.89. The largest absolute Gasteiger partial charge is 0.485 e. The van der Waals surface area contributed by atoms with Gasteiger partial charge in [0.2, 0.25) is 0 Å². The number of ether oxygens (including phenoxy) is 1. The Kier molecular flexibility index (Phi) is 4.62. The van der Waals surface area contributed by atoms with Crippen molar-refractivity contribution in [1.82, 2.24) is 29.4 Å². The van der Waals surface area contributed by atoms with Gasteiger partial charge in [0.05, 0.1) is 17.3 Å². The maximum Gasteiger partial charge on any atom is 0.189 e. The average molecular weight is 416 g/mol. The summed E-state index contributed by atoms with van der Waals surface area (Å²) in [6.07, 6.45) is 3.24. The summed E-state index contributed by atoms with van der Waals surface area (Å²) in [6, 6.07) is 12.5. The van der Waals surface area contributed by atoms with Gasteiger partial charge >= 0.3 is 0 Å². The van der Waals surface area contributed by atoms with Gasteiger partial charge in [-0.25, -0.2) is 23.6 Å². The molecule has 0 atom stereocenters. The summed E-state index contributed by atoms with van der Waals surface area (Å²) in [5.74, 6) is 1.46. The molecule has 0 unspecified atom stereocenters. The van der Waals surface area contributed by atoms with Crippen molar-refractivity contribution in [1.29, 1.82) is 0 Å². The van der Waals surface area contributed by atoms with Crippen molar-refractivity contribution in [2.75, 3.05) is 0 Å². The van der Waals surface area contributed by atoms with Crippen molar-refractivity contribution in [2.45, 2.75) is 33.3 Å². The first-order valence-electron chi connectivity index (χ1n) is 10.1. The van der Waals surface area contributed by atoms with Crippen LogP contribution in [-0.2, 0) is 6.61 Å². The minimum Gasteiger partial charge on any atom is -0.485 e. The summed E-state index contributed by atoms with van der Waals surface area (Å²) in [6.45, 7) is 6.56. The third-order valence-corrected chi connectivity index (χ3v) is 5.24. The van der Waals surface area contributed by atoms with E-state index in [0.717, 1.165) is 16.7 Å². The molecule has 0 saturated heterocycles. The lowest BCUT2D eigenvalue weighted by Crippen LogP contribution is -2.01. The van der Waals surface area contributed by atoms with Crippen LogP contribution >= 0.6 is 0 Å². The van der Waals surface area contributed by atoms with Gasteiger partial charge in [0.15, 0.2) is 17.1 Å². The molecule has 0 spiro atoms. The smallest absolute Gasteiger partial charge is 0.189 e. The third kappa shape index (κ3) is 3.50. The van der Waals surface area contributed by atoms with Crippen LogP contribution in [0.2, 0.25) is 0 Å². The molecular weight excluding hydrogens is 395 g/mol. The van der Waals surface area contributed by atoms with Gasteiger partial charge < -0.3 is 4.74 Å². The minimum atomic E-state index is -0.332. The normalized spacial score (nSPS) is 11.6. The van der Waals surface area contributed by atoms with Gasteiger partial charge in [-0.15, -0.1) is 5.10 Å². The van der Waals surface area contributed by atoms with Crippen molar-refractivity contribution < 1.29 is 9.13 Å². The minimum absolute atomic E-state index is 0.240. The highest BCUT2D eigenvalue weighted by atomic mass is 19.1. The summed E-state index contributed by atoms with van der Waals surface area (Å²) in [4.78, 5) is 9.08. The Morgan fingerprint density at radius 3 is 2.77 bits per heavy atom. The number of halogens is 1. The van der Waals surface area contributed by atoms with Crippen LogP contribution < -0.4 is 4.74 Å². The van der Waals surface area contributed by atoms with Crippen molar-refractivity contribution in [2.24, 2.45) is 0 Å². The standard InChI is InChI=1S/C23H21FN6O/c1-14(2)16-8-7-15(3)20(9-16)31-12-21-27-23-19-11-26-30(18-6-4-5-17(24)10-18)22(19)25-13-29(23)28-21/h4-11,13-14H,12H2,1-3H3. The first kappa shape index (κ1) is 19.2. The molecule has 0 amide bonds. The maximum atomic E-state index is 13.6. The van der Waals surface area contributed by atoms with E-state index >= 15 is 0 Å². The molecule has 0 N–H and O–H groups in total. The number of hydrogen-bond acceptors (Lipinski definition) is 5. The fourth-order valence-electron chi connectivity index (χ4n) is 3.50. The Labute approximate surface area is 178 Å². The molecule has 0 radical (unpaired) electrons. The molecule has 31 heavy (non-hydrogen) atoms. The van der Waals surface area contributed by atoms with E-state index in [4.69, 9.17) is 4.74 Å². The van der Waals surface area contributed by atoms with Gasteiger partial charge in [-0.05, 0) is 48.2 Å². The highest BCUT2D eigenvalue weighted by Crippen LogP contribution is 2.25. The molecule has 2 aromatic carbocycles. The van der Waals surface area contributed by atoms with Gasteiger partial charge in [0, 0.05) is 0 Å². The molecule has 8 heteroatoms. The second kappa shape index (κ2) is 7.46. The first-order chi connectivity index (χ1) is 15.0. The Bertz CT molecular complexity index is 1400. The maximum absolute atomic E-state index is 13.6. The molecular formula is C23H21FN6O. The van der Waals surface area contributed by atoms with Crippen LogP contribution in [0, 0.1) is 12.7 Å². The van der Waals surface area contributed by atoms with Crippen molar-refractivity contribution in [3.8, 4) is 11.4 Å².